The Morgan fingerprint density at radius 3 is 2.12 bits per heavy atom. The van der Waals surface area contributed by atoms with Crippen LogP contribution in [0.1, 0.15) is 40.0 Å². The largest absolute Gasteiger partial charge is 0.481 e. The highest BCUT2D eigenvalue weighted by Crippen LogP contribution is 2.36. The minimum Gasteiger partial charge on any atom is -0.481 e. The molecule has 0 aromatic carbocycles. The quantitative estimate of drug-likeness (QED) is 0.711. The number of nitrogens with zero attached hydrogens (tertiary/aromatic N) is 1. The van der Waals surface area contributed by atoms with Crippen LogP contribution in [0.2, 0.25) is 0 Å². The molecule has 5 nitrogen and oxygen atoms in total. The summed E-state index contributed by atoms with van der Waals surface area (Å²) in [6.07, 6.45) is 0.720. The summed E-state index contributed by atoms with van der Waals surface area (Å²) in [4.78, 5) is 22.4. The molecule has 0 aliphatic rings. The lowest BCUT2D eigenvalue weighted by Gasteiger charge is -2.28. The molecule has 0 bridgehead atoms. The summed E-state index contributed by atoms with van der Waals surface area (Å²) in [7, 11) is 0. The number of rotatable bonds is 7. The molecule has 96 valence electrons. The van der Waals surface area contributed by atoms with Crippen molar-refractivity contribution in [1.82, 2.24) is 0 Å². The molecule has 0 rings (SSSR count). The van der Waals surface area contributed by atoms with Crippen LogP contribution in [0.15, 0.2) is 0 Å². The van der Waals surface area contributed by atoms with Crippen LogP contribution in [0, 0.1) is 28.6 Å². The second kappa shape index (κ2) is 6.24. The van der Waals surface area contributed by atoms with Crippen LogP contribution in [0.3, 0.4) is 0 Å². The fraction of sp³-hybridized carbons (Fsp3) is 0.750. The first-order valence-electron chi connectivity index (χ1n) is 5.69. The summed E-state index contributed by atoms with van der Waals surface area (Å²) in [6, 6.07) is 1.72. The predicted octanol–water partition coefficient (Wildman–Crippen LogP) is 2.13. The van der Waals surface area contributed by atoms with Crippen molar-refractivity contribution in [1.29, 1.82) is 5.26 Å². The van der Waals surface area contributed by atoms with Crippen molar-refractivity contribution in [2.24, 2.45) is 17.3 Å². The number of hydrogen-bond donors (Lipinski definition) is 2. The van der Waals surface area contributed by atoms with Gasteiger partial charge in [-0.05, 0) is 25.2 Å². The zero-order valence-corrected chi connectivity index (χ0v) is 10.4. The molecule has 0 saturated heterocycles. The maximum absolute atomic E-state index is 11.3. The van der Waals surface area contributed by atoms with Crippen molar-refractivity contribution in [3.05, 3.63) is 0 Å². The lowest BCUT2D eigenvalue weighted by molar-refractivity contribution is -0.159. The molecule has 2 atom stereocenters. The monoisotopic (exact) mass is 241 g/mol. The maximum atomic E-state index is 11.3. The molecular weight excluding hydrogens is 222 g/mol. The van der Waals surface area contributed by atoms with E-state index < -0.39 is 23.3 Å². The van der Waals surface area contributed by atoms with Crippen LogP contribution in [-0.4, -0.2) is 22.2 Å². The van der Waals surface area contributed by atoms with E-state index in [1.807, 2.05) is 13.8 Å². The Hall–Kier alpha value is -1.57. The molecule has 2 N–H and O–H groups in total. The molecule has 0 aromatic heterocycles. The Labute approximate surface area is 101 Å². The number of carboxylic acids is 2. The molecule has 0 fully saturated rings. The van der Waals surface area contributed by atoms with E-state index in [1.165, 1.54) is 0 Å². The molecule has 0 aliphatic heterocycles. The zero-order valence-electron chi connectivity index (χ0n) is 10.4. The van der Waals surface area contributed by atoms with Gasteiger partial charge in [0, 0.05) is 0 Å². The Morgan fingerprint density at radius 2 is 1.88 bits per heavy atom. The Kier molecular flexibility index (Phi) is 5.66. The predicted molar refractivity (Wildman–Crippen MR) is 61.2 cm³/mol. The van der Waals surface area contributed by atoms with E-state index in [2.05, 4.69) is 0 Å². The molecule has 0 aliphatic carbocycles. The summed E-state index contributed by atoms with van der Waals surface area (Å²) in [5, 5.41) is 27.4. The molecule has 0 radical (unpaired) electrons. The van der Waals surface area contributed by atoms with Crippen molar-refractivity contribution in [3.63, 3.8) is 0 Å². The van der Waals surface area contributed by atoms with Crippen LogP contribution in [0.5, 0.6) is 0 Å². The van der Waals surface area contributed by atoms with Gasteiger partial charge in [-0.15, -0.1) is 0 Å². The minimum absolute atomic E-state index is 0.0707. The van der Waals surface area contributed by atoms with E-state index in [1.54, 1.807) is 13.0 Å². The first-order valence-corrected chi connectivity index (χ1v) is 5.69. The van der Waals surface area contributed by atoms with Crippen molar-refractivity contribution in [2.75, 3.05) is 0 Å². The summed E-state index contributed by atoms with van der Waals surface area (Å²) in [5.41, 5.74) is -1.81. The van der Waals surface area contributed by atoms with Gasteiger partial charge in [-0.1, -0.05) is 20.8 Å². The molecular formula is C12H19NO4. The standard InChI is InChI=1S/C12H19NO4/c1-4-9(10(14)15)12(7-13,11(16)17)6-5-8(2)3/h8-9H,4-6H2,1-3H3,(H,14,15)(H,16,17). The number of carbonyl (C=O) groups is 2. The Morgan fingerprint density at radius 1 is 1.35 bits per heavy atom. The van der Waals surface area contributed by atoms with Gasteiger partial charge in [-0.2, -0.15) is 5.26 Å². The number of aliphatic carboxylic acids is 2. The van der Waals surface area contributed by atoms with E-state index in [-0.39, 0.29) is 18.8 Å². The molecule has 0 saturated carbocycles. The average Bonchev–Trinajstić information content (AvgIpc) is 2.22. The van der Waals surface area contributed by atoms with Gasteiger partial charge in [0.2, 0.25) is 0 Å². The van der Waals surface area contributed by atoms with Crippen molar-refractivity contribution >= 4 is 11.9 Å². The number of hydrogen-bond acceptors (Lipinski definition) is 3. The topological polar surface area (TPSA) is 98.4 Å². The third-order valence-electron chi connectivity index (χ3n) is 3.00. The Balaban J connectivity index is 5.28. The van der Waals surface area contributed by atoms with Gasteiger partial charge in [0.15, 0.2) is 5.41 Å². The van der Waals surface area contributed by atoms with Gasteiger partial charge in [-0.25, -0.2) is 0 Å². The molecule has 0 amide bonds. The van der Waals surface area contributed by atoms with Crippen LogP contribution in [0.4, 0.5) is 0 Å². The van der Waals surface area contributed by atoms with Gasteiger partial charge < -0.3 is 10.2 Å². The lowest BCUT2D eigenvalue weighted by atomic mass is 9.71. The van der Waals surface area contributed by atoms with Crippen molar-refractivity contribution in [3.8, 4) is 6.07 Å². The molecule has 0 aromatic rings. The van der Waals surface area contributed by atoms with Crippen LogP contribution >= 0.6 is 0 Å². The highest BCUT2D eigenvalue weighted by molar-refractivity contribution is 5.86. The van der Waals surface area contributed by atoms with Gasteiger partial charge in [0.25, 0.3) is 0 Å². The molecule has 0 heterocycles. The average molecular weight is 241 g/mol. The van der Waals surface area contributed by atoms with Crippen molar-refractivity contribution in [2.45, 2.75) is 40.0 Å². The first kappa shape index (κ1) is 15.4. The first-order chi connectivity index (χ1) is 7.81. The summed E-state index contributed by atoms with van der Waals surface area (Å²) >= 11 is 0. The van der Waals surface area contributed by atoms with Gasteiger partial charge in [0.05, 0.1) is 12.0 Å². The highest BCUT2D eigenvalue weighted by atomic mass is 16.4. The normalized spacial score (nSPS) is 15.9. The highest BCUT2D eigenvalue weighted by Gasteiger charge is 2.49. The molecule has 17 heavy (non-hydrogen) atoms. The minimum atomic E-state index is -1.81. The fourth-order valence-corrected chi connectivity index (χ4v) is 1.86. The van der Waals surface area contributed by atoms with E-state index in [0.717, 1.165) is 0 Å². The second-order valence-corrected chi connectivity index (χ2v) is 4.62. The smallest absolute Gasteiger partial charge is 0.324 e. The third kappa shape index (κ3) is 3.45. The molecule has 0 spiro atoms. The zero-order chi connectivity index (χ0) is 13.6. The third-order valence-corrected chi connectivity index (χ3v) is 3.00. The number of carboxylic acid groups (broad SMARTS) is 2. The van der Waals surface area contributed by atoms with Gasteiger partial charge in [0.1, 0.15) is 0 Å². The van der Waals surface area contributed by atoms with Gasteiger partial charge in [-0.3, -0.25) is 9.59 Å². The van der Waals surface area contributed by atoms with Gasteiger partial charge >= 0.3 is 11.9 Å². The second-order valence-electron chi connectivity index (χ2n) is 4.62. The van der Waals surface area contributed by atoms with E-state index in [0.29, 0.717) is 6.42 Å². The maximum Gasteiger partial charge on any atom is 0.324 e. The summed E-state index contributed by atoms with van der Waals surface area (Å²) in [5.74, 6) is -3.49. The van der Waals surface area contributed by atoms with Crippen LogP contribution < -0.4 is 0 Å². The van der Waals surface area contributed by atoms with E-state index in [9.17, 15) is 14.7 Å². The SMILES string of the molecule is CCC(C(=O)O)C(C#N)(CCC(C)C)C(=O)O. The summed E-state index contributed by atoms with van der Waals surface area (Å²) < 4.78 is 0. The van der Waals surface area contributed by atoms with Crippen LogP contribution in [-0.2, 0) is 9.59 Å². The lowest BCUT2D eigenvalue weighted by Crippen LogP contribution is -2.41. The summed E-state index contributed by atoms with van der Waals surface area (Å²) in [6.45, 7) is 5.40. The van der Waals surface area contributed by atoms with Crippen LogP contribution in [0.25, 0.3) is 0 Å². The van der Waals surface area contributed by atoms with E-state index in [4.69, 9.17) is 10.4 Å². The molecule has 5 heteroatoms. The van der Waals surface area contributed by atoms with Crippen molar-refractivity contribution < 1.29 is 19.8 Å². The number of nitriles is 1. The Bertz CT molecular complexity index is 332. The molecule has 2 unspecified atom stereocenters. The van der Waals surface area contributed by atoms with E-state index >= 15 is 0 Å². The fourth-order valence-electron chi connectivity index (χ4n) is 1.86.